The Hall–Kier alpha value is -2.59. The van der Waals surface area contributed by atoms with Gasteiger partial charge in [-0.1, -0.05) is 30.3 Å². The number of amides is 1. The van der Waals surface area contributed by atoms with Gasteiger partial charge in [0.2, 0.25) is 5.91 Å². The van der Waals surface area contributed by atoms with Gasteiger partial charge in [0.1, 0.15) is 6.04 Å². The average molecular weight is 426 g/mol. The Labute approximate surface area is 174 Å². The molecule has 0 spiro atoms. The molecular formula is C19H26N2O7S. The third kappa shape index (κ3) is 9.95. The van der Waals surface area contributed by atoms with Gasteiger partial charge in [0.15, 0.2) is 0 Å². The number of hydrogen-bond acceptors (Lipinski definition) is 9. The van der Waals surface area contributed by atoms with E-state index in [0.717, 1.165) is 5.56 Å². The van der Waals surface area contributed by atoms with Crippen LogP contribution in [0.15, 0.2) is 30.3 Å². The lowest BCUT2D eigenvalue weighted by Crippen LogP contribution is -2.49. The number of ether oxygens (including phenoxy) is 3. The van der Waals surface area contributed by atoms with Gasteiger partial charge in [-0.2, -0.15) is 11.8 Å². The molecule has 10 heteroatoms. The number of nitrogens with zero attached hydrogens (tertiary/aromatic N) is 1. The van der Waals surface area contributed by atoms with Crippen LogP contribution >= 0.6 is 11.8 Å². The van der Waals surface area contributed by atoms with Crippen molar-refractivity contribution >= 4 is 35.6 Å². The highest BCUT2D eigenvalue weighted by atomic mass is 32.2. The second-order valence-electron chi connectivity index (χ2n) is 5.94. The quantitative estimate of drug-likeness (QED) is 0.371. The minimum atomic E-state index is -0.862. The summed E-state index contributed by atoms with van der Waals surface area (Å²) in [5.74, 6) is -1.35. The molecular weight excluding hydrogens is 400 g/mol. The minimum Gasteiger partial charge on any atom is -0.468 e. The third-order valence-electron chi connectivity index (χ3n) is 3.74. The fourth-order valence-electron chi connectivity index (χ4n) is 2.28. The Morgan fingerprint density at radius 2 is 1.52 bits per heavy atom. The van der Waals surface area contributed by atoms with E-state index in [4.69, 9.17) is 4.74 Å². The number of benzene rings is 1. The van der Waals surface area contributed by atoms with Crippen molar-refractivity contribution in [2.75, 3.05) is 46.7 Å². The zero-order chi connectivity index (χ0) is 21.6. The van der Waals surface area contributed by atoms with E-state index in [1.807, 2.05) is 30.3 Å². The first-order valence-corrected chi connectivity index (χ1v) is 9.89. The van der Waals surface area contributed by atoms with E-state index in [9.17, 15) is 19.2 Å². The van der Waals surface area contributed by atoms with E-state index in [1.54, 1.807) is 0 Å². The van der Waals surface area contributed by atoms with Crippen molar-refractivity contribution in [1.82, 2.24) is 10.2 Å². The van der Waals surface area contributed by atoms with Gasteiger partial charge in [-0.3, -0.25) is 19.3 Å². The molecule has 0 aliphatic rings. The van der Waals surface area contributed by atoms with Crippen LogP contribution < -0.4 is 5.32 Å². The topological polar surface area (TPSA) is 111 Å². The highest BCUT2D eigenvalue weighted by Crippen LogP contribution is 2.13. The smallest absolute Gasteiger partial charge is 0.329 e. The summed E-state index contributed by atoms with van der Waals surface area (Å²) in [4.78, 5) is 48.7. The van der Waals surface area contributed by atoms with Crippen LogP contribution in [0.25, 0.3) is 0 Å². The zero-order valence-corrected chi connectivity index (χ0v) is 17.5. The summed E-state index contributed by atoms with van der Waals surface area (Å²) >= 11 is 1.47. The number of esters is 3. The van der Waals surface area contributed by atoms with Crippen molar-refractivity contribution in [2.45, 2.75) is 11.8 Å². The lowest BCUT2D eigenvalue weighted by atomic mass is 10.2. The van der Waals surface area contributed by atoms with E-state index < -0.39 is 29.9 Å². The highest BCUT2D eigenvalue weighted by Gasteiger charge is 2.24. The molecule has 0 aromatic heterocycles. The summed E-state index contributed by atoms with van der Waals surface area (Å²) < 4.78 is 13.9. The van der Waals surface area contributed by atoms with Gasteiger partial charge < -0.3 is 19.5 Å². The van der Waals surface area contributed by atoms with Gasteiger partial charge in [0.25, 0.3) is 0 Å². The molecule has 9 nitrogen and oxygen atoms in total. The van der Waals surface area contributed by atoms with Crippen molar-refractivity contribution in [3.63, 3.8) is 0 Å². The van der Waals surface area contributed by atoms with Gasteiger partial charge >= 0.3 is 17.9 Å². The molecule has 0 fully saturated rings. The summed E-state index contributed by atoms with van der Waals surface area (Å²) in [5.41, 5.74) is 1.09. The van der Waals surface area contributed by atoms with Crippen molar-refractivity contribution in [3.05, 3.63) is 35.9 Å². The van der Waals surface area contributed by atoms with Gasteiger partial charge in [0.05, 0.1) is 41.0 Å². The lowest BCUT2D eigenvalue weighted by molar-refractivity contribution is -0.148. The number of carbonyl (C=O) groups excluding carboxylic acids is 4. The molecule has 0 saturated heterocycles. The number of nitrogens with one attached hydrogen (secondary N) is 1. The molecule has 1 rings (SSSR count). The highest BCUT2D eigenvalue weighted by molar-refractivity contribution is 7.98. The molecule has 1 N–H and O–H groups in total. The molecule has 0 saturated carbocycles. The maximum absolute atomic E-state index is 12.4. The fraction of sp³-hybridized carbons (Fsp3) is 0.474. The number of thioether (sulfide) groups is 1. The van der Waals surface area contributed by atoms with E-state index in [-0.39, 0.29) is 19.6 Å². The van der Waals surface area contributed by atoms with Crippen LogP contribution in [0.5, 0.6) is 0 Å². The molecule has 1 amide bonds. The lowest BCUT2D eigenvalue weighted by Gasteiger charge is -2.21. The van der Waals surface area contributed by atoms with E-state index >= 15 is 0 Å². The van der Waals surface area contributed by atoms with Crippen LogP contribution in [0.4, 0.5) is 0 Å². The van der Waals surface area contributed by atoms with Gasteiger partial charge in [-0.25, -0.2) is 4.79 Å². The molecule has 0 radical (unpaired) electrons. The normalized spacial score (nSPS) is 11.4. The van der Waals surface area contributed by atoms with Gasteiger partial charge in [0, 0.05) is 11.5 Å². The molecule has 0 heterocycles. The first-order valence-electron chi connectivity index (χ1n) is 8.74. The van der Waals surface area contributed by atoms with Gasteiger partial charge in [-0.05, 0) is 5.56 Å². The molecule has 0 unspecified atom stereocenters. The Kier molecular flexibility index (Phi) is 11.4. The van der Waals surface area contributed by atoms with Crippen molar-refractivity contribution in [1.29, 1.82) is 0 Å². The molecule has 0 aliphatic heterocycles. The monoisotopic (exact) mass is 426 g/mol. The first kappa shape index (κ1) is 24.4. The third-order valence-corrected chi connectivity index (χ3v) is 4.85. The summed E-state index contributed by atoms with van der Waals surface area (Å²) in [7, 11) is 3.65. The van der Waals surface area contributed by atoms with Crippen LogP contribution in [0.1, 0.15) is 5.56 Å². The van der Waals surface area contributed by atoms with Crippen molar-refractivity contribution in [3.8, 4) is 0 Å². The number of methoxy groups -OCH3 is 3. The number of hydrogen-bond donors (Lipinski definition) is 1. The SMILES string of the molecule is COC(=O)CN(CC(=O)N[C@H](CSCc1ccccc1)C(=O)OC)CC(=O)OC. The molecule has 160 valence electrons. The number of rotatable bonds is 12. The van der Waals surface area contributed by atoms with Crippen LogP contribution in [0.3, 0.4) is 0 Å². The van der Waals surface area contributed by atoms with Crippen LogP contribution in [0.2, 0.25) is 0 Å². The fourth-order valence-corrected chi connectivity index (χ4v) is 3.29. The maximum Gasteiger partial charge on any atom is 0.329 e. The Bertz CT molecular complexity index is 666. The van der Waals surface area contributed by atoms with E-state index in [2.05, 4.69) is 14.8 Å². The Morgan fingerprint density at radius 1 is 0.931 bits per heavy atom. The molecule has 29 heavy (non-hydrogen) atoms. The predicted molar refractivity (Wildman–Crippen MR) is 107 cm³/mol. The predicted octanol–water partition coefficient (Wildman–Crippen LogP) is 0.226. The van der Waals surface area contributed by atoms with Crippen LogP contribution in [-0.4, -0.2) is 81.5 Å². The number of carbonyl (C=O) groups is 4. The summed E-state index contributed by atoms with van der Waals surface area (Å²) in [6, 6.07) is 8.84. The maximum atomic E-state index is 12.4. The molecule has 0 bridgehead atoms. The molecule has 0 aliphatic carbocycles. The van der Waals surface area contributed by atoms with E-state index in [1.165, 1.54) is 38.0 Å². The Balaban J connectivity index is 2.64. The second kappa shape index (κ2) is 13.6. The summed E-state index contributed by atoms with van der Waals surface area (Å²) in [6.07, 6.45) is 0. The minimum absolute atomic E-state index is 0.273. The summed E-state index contributed by atoms with van der Waals surface area (Å²) in [6.45, 7) is -0.837. The van der Waals surface area contributed by atoms with Crippen LogP contribution in [0, 0.1) is 0 Å². The Morgan fingerprint density at radius 3 is 2.03 bits per heavy atom. The van der Waals surface area contributed by atoms with Crippen molar-refractivity contribution in [2.24, 2.45) is 0 Å². The van der Waals surface area contributed by atoms with Crippen LogP contribution in [-0.2, 0) is 39.1 Å². The van der Waals surface area contributed by atoms with Gasteiger partial charge in [-0.15, -0.1) is 0 Å². The van der Waals surface area contributed by atoms with Crippen molar-refractivity contribution < 1.29 is 33.4 Å². The molecule has 1 aromatic rings. The van der Waals surface area contributed by atoms with E-state index in [0.29, 0.717) is 11.5 Å². The zero-order valence-electron chi connectivity index (χ0n) is 16.7. The summed E-state index contributed by atoms with van der Waals surface area (Å²) in [5, 5.41) is 2.59. The molecule has 1 atom stereocenters. The first-order chi connectivity index (χ1) is 13.9. The second-order valence-corrected chi connectivity index (χ2v) is 6.97. The standard InChI is InChI=1S/C19H26N2O7S/c1-26-17(23)10-21(11-18(24)27-2)9-16(22)20-15(19(25)28-3)13-29-12-14-7-5-4-6-8-14/h4-8,15H,9-13H2,1-3H3,(H,20,22)/t15-/m1/s1. The average Bonchev–Trinajstić information content (AvgIpc) is 2.72. The molecule has 1 aromatic carbocycles. The largest absolute Gasteiger partial charge is 0.468 e.